The van der Waals surface area contributed by atoms with Gasteiger partial charge in [-0.05, 0) is 12.1 Å². The molecule has 0 spiro atoms. The number of rotatable bonds is 4. The first kappa shape index (κ1) is 20.9. The van der Waals surface area contributed by atoms with Crippen molar-refractivity contribution in [2.45, 2.75) is 0 Å². The average molecular weight is 377 g/mol. The molecule has 0 fully saturated rings. The second-order valence-corrected chi connectivity index (χ2v) is 5.29. The van der Waals surface area contributed by atoms with Gasteiger partial charge in [0.2, 0.25) is 5.88 Å². The van der Waals surface area contributed by atoms with Crippen molar-refractivity contribution in [2.24, 2.45) is 0 Å². The van der Waals surface area contributed by atoms with Gasteiger partial charge in [-0.2, -0.15) is 0 Å². The maximum absolute atomic E-state index is 12.0. The van der Waals surface area contributed by atoms with Gasteiger partial charge >= 0.3 is 6.03 Å². The van der Waals surface area contributed by atoms with Gasteiger partial charge in [0.1, 0.15) is 16.1 Å². The third-order valence-electron chi connectivity index (χ3n) is 2.88. The SMILES string of the molecule is CN(C)C(=O)NC(=O)C(=N)c1ccccc1Oc1cc(=S)nc[nH]1.CO. The van der Waals surface area contributed by atoms with Crippen LogP contribution in [0.15, 0.2) is 36.7 Å². The molecule has 0 unspecified atom stereocenters. The van der Waals surface area contributed by atoms with Crippen LogP contribution in [-0.4, -0.2) is 58.8 Å². The molecule has 10 heteroatoms. The maximum atomic E-state index is 12.0. The molecule has 0 atom stereocenters. The Morgan fingerprint density at radius 2 is 1.96 bits per heavy atom. The molecule has 2 aromatic rings. The van der Waals surface area contributed by atoms with Gasteiger partial charge in [-0.15, -0.1) is 0 Å². The summed E-state index contributed by atoms with van der Waals surface area (Å²) in [7, 11) is 3.99. The van der Waals surface area contributed by atoms with Crippen LogP contribution in [0.2, 0.25) is 0 Å². The van der Waals surface area contributed by atoms with Gasteiger partial charge in [0.05, 0.1) is 6.33 Å². The lowest BCUT2D eigenvalue weighted by Gasteiger charge is -2.13. The molecule has 26 heavy (non-hydrogen) atoms. The number of amides is 3. The van der Waals surface area contributed by atoms with E-state index in [0.29, 0.717) is 10.5 Å². The zero-order valence-corrected chi connectivity index (χ0v) is 15.3. The molecule has 2 rings (SSSR count). The second kappa shape index (κ2) is 10.0. The van der Waals surface area contributed by atoms with E-state index in [1.807, 2.05) is 0 Å². The molecular weight excluding hydrogens is 358 g/mol. The van der Waals surface area contributed by atoms with E-state index >= 15 is 0 Å². The number of ether oxygens (including phenoxy) is 1. The van der Waals surface area contributed by atoms with Crippen LogP contribution in [0, 0.1) is 10.0 Å². The third kappa shape index (κ3) is 5.76. The van der Waals surface area contributed by atoms with Crippen molar-refractivity contribution in [3.63, 3.8) is 0 Å². The molecule has 138 valence electrons. The van der Waals surface area contributed by atoms with E-state index in [9.17, 15) is 9.59 Å². The Labute approximate surface area is 155 Å². The zero-order valence-electron chi connectivity index (χ0n) is 14.4. The van der Waals surface area contributed by atoms with Crippen molar-refractivity contribution < 1.29 is 19.4 Å². The van der Waals surface area contributed by atoms with Gasteiger partial charge in [-0.3, -0.25) is 15.5 Å². The number of aromatic amines is 1. The Balaban J connectivity index is 0.00000163. The molecule has 0 aliphatic rings. The van der Waals surface area contributed by atoms with Gasteiger partial charge in [-0.25, -0.2) is 9.78 Å². The van der Waals surface area contributed by atoms with Crippen molar-refractivity contribution >= 4 is 29.9 Å². The van der Waals surface area contributed by atoms with Crippen LogP contribution in [0.3, 0.4) is 0 Å². The van der Waals surface area contributed by atoms with Crippen LogP contribution in [0.5, 0.6) is 11.6 Å². The second-order valence-electron chi connectivity index (χ2n) is 4.88. The number of urea groups is 1. The number of nitrogens with zero attached hydrogens (tertiary/aromatic N) is 2. The number of aliphatic hydroxyl groups is 1. The van der Waals surface area contributed by atoms with Gasteiger partial charge in [-0.1, -0.05) is 24.4 Å². The van der Waals surface area contributed by atoms with E-state index in [1.165, 1.54) is 31.4 Å². The van der Waals surface area contributed by atoms with E-state index in [0.717, 1.165) is 7.11 Å². The molecule has 3 amide bonds. The number of carbonyl (C=O) groups is 2. The Morgan fingerprint density at radius 3 is 2.58 bits per heavy atom. The summed E-state index contributed by atoms with van der Waals surface area (Å²) < 4.78 is 5.97. The van der Waals surface area contributed by atoms with E-state index in [4.69, 9.17) is 27.5 Å². The topological polar surface area (TPSA) is 131 Å². The first-order valence-corrected chi connectivity index (χ1v) is 7.67. The van der Waals surface area contributed by atoms with Gasteiger partial charge in [0, 0.05) is 32.8 Å². The first-order valence-electron chi connectivity index (χ1n) is 7.26. The van der Waals surface area contributed by atoms with Crippen LogP contribution in [0.1, 0.15) is 5.56 Å². The summed E-state index contributed by atoms with van der Waals surface area (Å²) in [5.41, 5.74) is -0.161. The molecular formula is C16H19N5O4S. The number of hydrogen-bond donors (Lipinski definition) is 4. The summed E-state index contributed by atoms with van der Waals surface area (Å²) >= 11 is 4.95. The number of H-pyrrole nitrogens is 1. The van der Waals surface area contributed by atoms with Crippen molar-refractivity contribution in [3.8, 4) is 11.6 Å². The number of nitrogens with one attached hydrogen (secondary N) is 3. The van der Waals surface area contributed by atoms with E-state index < -0.39 is 17.6 Å². The highest BCUT2D eigenvalue weighted by Gasteiger charge is 2.19. The quantitative estimate of drug-likeness (QED) is 0.474. The predicted octanol–water partition coefficient (Wildman–Crippen LogP) is 1.71. The number of benzene rings is 1. The van der Waals surface area contributed by atoms with Crippen LogP contribution in [0.4, 0.5) is 4.79 Å². The number of para-hydroxylation sites is 1. The molecule has 0 saturated carbocycles. The Kier molecular flexibility index (Phi) is 8.06. The van der Waals surface area contributed by atoms with E-state index in [2.05, 4.69) is 15.3 Å². The summed E-state index contributed by atoms with van der Waals surface area (Å²) in [5, 5.41) is 17.1. The van der Waals surface area contributed by atoms with Crippen molar-refractivity contribution in [2.75, 3.05) is 21.2 Å². The van der Waals surface area contributed by atoms with E-state index in [-0.39, 0.29) is 11.3 Å². The van der Waals surface area contributed by atoms with E-state index in [1.54, 1.807) is 24.3 Å². The first-order chi connectivity index (χ1) is 12.4. The minimum atomic E-state index is -0.826. The summed E-state index contributed by atoms with van der Waals surface area (Å²) in [4.78, 5) is 31.4. The molecule has 0 saturated heterocycles. The maximum Gasteiger partial charge on any atom is 0.323 e. The standard InChI is InChI=1S/C15H15N5O3S.CH4O/c1-20(2)15(22)19-14(21)13(16)9-5-3-4-6-10(9)23-11-7-12(24)18-8-17-11;1-2/h3-8,16H,1-2H3,(H,17,18,24)(H,19,21,22);2H,1H3. The smallest absolute Gasteiger partial charge is 0.323 e. The fraction of sp³-hybridized carbons (Fsp3) is 0.188. The highest BCUT2D eigenvalue weighted by atomic mass is 32.1. The molecule has 9 nitrogen and oxygen atoms in total. The number of aliphatic hydroxyl groups excluding tert-OH is 1. The van der Waals surface area contributed by atoms with Crippen LogP contribution in [-0.2, 0) is 4.79 Å². The number of hydrogen-bond acceptors (Lipinski definition) is 7. The highest BCUT2D eigenvalue weighted by Crippen LogP contribution is 2.24. The fourth-order valence-corrected chi connectivity index (χ4v) is 1.84. The van der Waals surface area contributed by atoms with Gasteiger partial charge in [0.15, 0.2) is 0 Å². The Bertz CT molecular complexity index is 850. The lowest BCUT2D eigenvalue weighted by atomic mass is 10.1. The van der Waals surface area contributed by atoms with Gasteiger partial charge in [0.25, 0.3) is 5.91 Å². The minimum Gasteiger partial charge on any atom is -0.440 e. The summed E-state index contributed by atoms with van der Waals surface area (Å²) in [5.74, 6) is -0.237. The number of imide groups is 1. The van der Waals surface area contributed by atoms with Crippen molar-refractivity contribution in [3.05, 3.63) is 46.9 Å². The molecule has 1 heterocycles. The Morgan fingerprint density at radius 1 is 1.31 bits per heavy atom. The lowest BCUT2D eigenvalue weighted by molar-refractivity contribution is -0.113. The van der Waals surface area contributed by atoms with Crippen molar-refractivity contribution in [1.29, 1.82) is 5.41 Å². The zero-order chi connectivity index (χ0) is 19.7. The summed E-state index contributed by atoms with van der Waals surface area (Å²) in [6.07, 6.45) is 1.38. The van der Waals surface area contributed by atoms with Crippen molar-refractivity contribution in [1.82, 2.24) is 20.2 Å². The monoisotopic (exact) mass is 377 g/mol. The van der Waals surface area contributed by atoms with Crippen LogP contribution < -0.4 is 10.1 Å². The summed E-state index contributed by atoms with van der Waals surface area (Å²) in [6, 6.07) is 7.40. The largest absolute Gasteiger partial charge is 0.440 e. The molecule has 0 aliphatic heterocycles. The normalized spacial score (nSPS) is 9.38. The fourth-order valence-electron chi connectivity index (χ4n) is 1.68. The molecule has 4 N–H and O–H groups in total. The number of aromatic nitrogens is 2. The number of carbonyl (C=O) groups excluding carboxylic acids is 2. The molecule has 0 aliphatic carbocycles. The summed E-state index contributed by atoms with van der Waals surface area (Å²) in [6.45, 7) is 0. The predicted molar refractivity (Wildman–Crippen MR) is 98.1 cm³/mol. The van der Waals surface area contributed by atoms with Crippen LogP contribution in [0.25, 0.3) is 0 Å². The average Bonchev–Trinajstić information content (AvgIpc) is 2.63. The molecule has 0 bridgehead atoms. The van der Waals surface area contributed by atoms with Gasteiger partial charge < -0.3 is 19.7 Å². The highest BCUT2D eigenvalue weighted by molar-refractivity contribution is 7.71. The Hall–Kier alpha value is -3.11. The lowest BCUT2D eigenvalue weighted by Crippen LogP contribution is -2.42. The molecule has 1 aromatic heterocycles. The third-order valence-corrected chi connectivity index (χ3v) is 3.11. The molecule has 0 radical (unpaired) electrons. The molecule has 1 aromatic carbocycles. The minimum absolute atomic E-state index is 0.234. The van der Waals surface area contributed by atoms with Crippen LogP contribution >= 0.6 is 12.2 Å².